The van der Waals surface area contributed by atoms with Crippen LogP contribution in [0.1, 0.15) is 22.8 Å². The molecule has 4 aromatic carbocycles. The molecule has 0 aliphatic carbocycles. The Kier molecular flexibility index (Phi) is 7.54. The fraction of sp³-hybridized carbons (Fsp3) is 0.0769. The molecule has 166 valence electrons. The molecule has 2 N–H and O–H groups in total. The second-order valence-electron chi connectivity index (χ2n) is 7.29. The molecule has 0 heterocycles. The van der Waals surface area contributed by atoms with Gasteiger partial charge in [-0.3, -0.25) is 4.79 Å². The summed E-state index contributed by atoms with van der Waals surface area (Å²) in [5.74, 6) is 0.0641. The minimum Gasteiger partial charge on any atom is -0.487 e. The van der Waals surface area contributed by atoms with Crippen LogP contribution in [0.25, 0.3) is 10.8 Å². The summed E-state index contributed by atoms with van der Waals surface area (Å²) in [4.78, 5) is 12.1. The number of amides is 1. The van der Waals surface area contributed by atoms with Crippen molar-refractivity contribution in [3.63, 3.8) is 0 Å². The van der Waals surface area contributed by atoms with E-state index in [1.165, 1.54) is 11.6 Å². The number of hydrazone groups is 1. The first kappa shape index (κ1) is 23.2. The lowest BCUT2D eigenvalue weighted by Gasteiger charge is -2.13. The summed E-state index contributed by atoms with van der Waals surface area (Å²) >= 11 is 7.10. The molecular weight excluding hydrogens is 548 g/mol. The molecule has 0 aliphatic heterocycles. The number of hydrogen-bond donors (Lipinski definition) is 2. The Morgan fingerprint density at radius 3 is 2.39 bits per heavy atom. The monoisotopic (exact) mass is 566 g/mol. The second kappa shape index (κ2) is 10.7. The van der Waals surface area contributed by atoms with Crippen molar-refractivity contribution in [2.24, 2.45) is 5.10 Å². The van der Waals surface area contributed by atoms with Gasteiger partial charge in [0.25, 0.3) is 5.91 Å². The van der Waals surface area contributed by atoms with Gasteiger partial charge < -0.3 is 9.84 Å². The molecular formula is C26H20Br2N2O3. The normalized spacial score (nSPS) is 12.1. The molecule has 0 radical (unpaired) electrons. The van der Waals surface area contributed by atoms with E-state index in [2.05, 4.69) is 66.7 Å². The third-order valence-electron chi connectivity index (χ3n) is 5.02. The summed E-state index contributed by atoms with van der Waals surface area (Å²) in [6, 6.07) is 26.7. The van der Waals surface area contributed by atoms with Gasteiger partial charge in [-0.15, -0.1) is 0 Å². The van der Waals surface area contributed by atoms with Gasteiger partial charge >= 0.3 is 0 Å². The first-order chi connectivity index (χ1) is 16.0. The van der Waals surface area contributed by atoms with Crippen molar-refractivity contribution in [3.05, 3.63) is 111 Å². The fourth-order valence-electron chi connectivity index (χ4n) is 3.38. The SMILES string of the molecule is O=C(N/N=C\c1cc(Br)c(OCc2cccc3ccccc23)c(Br)c1)[C@H](O)c1ccccc1. The van der Waals surface area contributed by atoms with Gasteiger partial charge in [-0.1, -0.05) is 72.8 Å². The fourth-order valence-corrected chi connectivity index (χ4v) is 4.83. The van der Waals surface area contributed by atoms with Crippen molar-refractivity contribution in [3.8, 4) is 5.75 Å². The number of aliphatic hydroxyl groups excluding tert-OH is 1. The highest BCUT2D eigenvalue weighted by Crippen LogP contribution is 2.35. The number of benzene rings is 4. The maximum absolute atomic E-state index is 12.1. The molecule has 1 atom stereocenters. The maximum Gasteiger partial charge on any atom is 0.273 e. The number of hydrogen-bond acceptors (Lipinski definition) is 4. The van der Waals surface area contributed by atoms with Gasteiger partial charge in [0, 0.05) is 0 Å². The lowest BCUT2D eigenvalue weighted by molar-refractivity contribution is -0.129. The van der Waals surface area contributed by atoms with Crippen LogP contribution in [0.5, 0.6) is 5.75 Å². The van der Waals surface area contributed by atoms with Gasteiger partial charge in [-0.25, -0.2) is 5.43 Å². The average molecular weight is 568 g/mol. The number of aliphatic hydroxyl groups is 1. The molecule has 0 bridgehead atoms. The Morgan fingerprint density at radius 2 is 1.64 bits per heavy atom. The van der Waals surface area contributed by atoms with Crippen LogP contribution < -0.4 is 10.2 Å². The Hall–Kier alpha value is -3.00. The number of nitrogens with zero attached hydrogens (tertiary/aromatic N) is 1. The molecule has 0 spiro atoms. The van der Waals surface area contributed by atoms with E-state index in [4.69, 9.17) is 4.74 Å². The highest BCUT2D eigenvalue weighted by molar-refractivity contribution is 9.11. The number of halogens is 2. The van der Waals surface area contributed by atoms with Crippen molar-refractivity contribution in [2.45, 2.75) is 12.7 Å². The van der Waals surface area contributed by atoms with Crippen LogP contribution in [0.15, 0.2) is 99.0 Å². The molecule has 5 nitrogen and oxygen atoms in total. The molecule has 1 amide bonds. The topological polar surface area (TPSA) is 70.9 Å². The predicted octanol–water partition coefficient (Wildman–Crippen LogP) is 6.13. The van der Waals surface area contributed by atoms with E-state index >= 15 is 0 Å². The summed E-state index contributed by atoms with van der Waals surface area (Å²) in [5.41, 5.74) is 4.70. The molecule has 0 unspecified atom stereocenters. The Balaban J connectivity index is 1.42. The Morgan fingerprint density at radius 1 is 0.970 bits per heavy atom. The zero-order chi connectivity index (χ0) is 23.2. The number of carbonyl (C=O) groups is 1. The largest absolute Gasteiger partial charge is 0.487 e. The number of fused-ring (bicyclic) bond motifs is 1. The van der Waals surface area contributed by atoms with Crippen molar-refractivity contribution in [1.29, 1.82) is 0 Å². The first-order valence-corrected chi connectivity index (χ1v) is 11.8. The van der Waals surface area contributed by atoms with Crippen LogP contribution in [0.4, 0.5) is 0 Å². The van der Waals surface area contributed by atoms with Crippen LogP contribution >= 0.6 is 31.9 Å². The quantitative estimate of drug-likeness (QED) is 0.208. The smallest absolute Gasteiger partial charge is 0.273 e. The number of rotatable bonds is 7. The van der Waals surface area contributed by atoms with E-state index in [1.807, 2.05) is 36.4 Å². The van der Waals surface area contributed by atoms with Crippen LogP contribution in [0.2, 0.25) is 0 Å². The number of carbonyl (C=O) groups excluding carboxylic acids is 1. The van der Waals surface area contributed by atoms with E-state index in [-0.39, 0.29) is 0 Å². The number of nitrogens with one attached hydrogen (secondary N) is 1. The summed E-state index contributed by atoms with van der Waals surface area (Å²) in [6.07, 6.45) is 0.214. The van der Waals surface area contributed by atoms with E-state index in [0.29, 0.717) is 17.9 Å². The van der Waals surface area contributed by atoms with Gasteiger partial charge in [0.15, 0.2) is 6.10 Å². The van der Waals surface area contributed by atoms with Crippen molar-refractivity contribution in [1.82, 2.24) is 5.43 Å². The van der Waals surface area contributed by atoms with E-state index in [0.717, 1.165) is 25.5 Å². The van der Waals surface area contributed by atoms with E-state index in [9.17, 15) is 9.90 Å². The third-order valence-corrected chi connectivity index (χ3v) is 6.20. The summed E-state index contributed by atoms with van der Waals surface area (Å²) in [6.45, 7) is 0.416. The minimum atomic E-state index is -1.29. The lowest BCUT2D eigenvalue weighted by Crippen LogP contribution is -2.25. The van der Waals surface area contributed by atoms with Crippen LogP contribution in [0, 0.1) is 0 Å². The molecule has 7 heteroatoms. The van der Waals surface area contributed by atoms with Gasteiger partial charge in [0.1, 0.15) is 12.4 Å². The average Bonchev–Trinajstić information content (AvgIpc) is 2.83. The summed E-state index contributed by atoms with van der Waals surface area (Å²) in [7, 11) is 0. The van der Waals surface area contributed by atoms with Crippen molar-refractivity contribution < 1.29 is 14.6 Å². The van der Waals surface area contributed by atoms with Gasteiger partial charge in [0.05, 0.1) is 15.2 Å². The molecule has 4 rings (SSSR count). The number of ether oxygens (including phenoxy) is 1. The third kappa shape index (κ3) is 5.68. The molecule has 33 heavy (non-hydrogen) atoms. The molecule has 4 aromatic rings. The highest BCUT2D eigenvalue weighted by Gasteiger charge is 2.16. The molecule has 0 aromatic heterocycles. The standard InChI is InChI=1S/C26H20Br2N2O3/c27-22-13-17(15-29-30-26(32)24(31)19-8-2-1-3-9-19)14-23(28)25(22)33-16-20-11-6-10-18-7-4-5-12-21(18)20/h1-15,24,31H,16H2,(H,30,32)/b29-15-/t24-/m1/s1. The zero-order valence-corrected chi connectivity index (χ0v) is 20.6. The minimum absolute atomic E-state index is 0.416. The summed E-state index contributed by atoms with van der Waals surface area (Å²) < 4.78 is 7.59. The van der Waals surface area contributed by atoms with Gasteiger partial charge in [-0.05, 0) is 71.5 Å². The highest BCUT2D eigenvalue weighted by atomic mass is 79.9. The zero-order valence-electron chi connectivity index (χ0n) is 17.4. The molecule has 0 saturated carbocycles. The van der Waals surface area contributed by atoms with Crippen LogP contribution in [-0.4, -0.2) is 17.2 Å². The summed E-state index contributed by atoms with van der Waals surface area (Å²) in [5, 5.41) is 16.4. The first-order valence-electron chi connectivity index (χ1n) is 10.2. The van der Waals surface area contributed by atoms with Crippen molar-refractivity contribution in [2.75, 3.05) is 0 Å². The van der Waals surface area contributed by atoms with E-state index < -0.39 is 12.0 Å². The molecule has 0 aliphatic rings. The van der Waals surface area contributed by atoms with Gasteiger partial charge in [0.2, 0.25) is 0 Å². The predicted molar refractivity (Wildman–Crippen MR) is 137 cm³/mol. The van der Waals surface area contributed by atoms with Crippen LogP contribution in [-0.2, 0) is 11.4 Å². The Bertz CT molecular complexity index is 1280. The van der Waals surface area contributed by atoms with E-state index in [1.54, 1.807) is 24.3 Å². The van der Waals surface area contributed by atoms with Gasteiger partial charge in [-0.2, -0.15) is 5.10 Å². The molecule has 0 fully saturated rings. The molecule has 0 saturated heterocycles. The van der Waals surface area contributed by atoms with Crippen molar-refractivity contribution >= 4 is 54.8 Å². The second-order valence-corrected chi connectivity index (χ2v) is 9.00. The maximum atomic E-state index is 12.1. The lowest BCUT2D eigenvalue weighted by atomic mass is 10.1. The van der Waals surface area contributed by atoms with Crippen LogP contribution in [0.3, 0.4) is 0 Å². The Labute approximate surface area is 208 Å².